The largest absolute Gasteiger partial charge is 0.338 e. The Hall–Kier alpha value is -1.54. The molecule has 0 aromatic heterocycles. The summed E-state index contributed by atoms with van der Waals surface area (Å²) in [4.78, 5) is 13.3. The normalized spacial score (nSPS) is 11.2. The number of carbonyl (C=O) groups is 1. The molecule has 0 saturated heterocycles. The molecule has 2 nitrogen and oxygen atoms in total. The van der Waals surface area contributed by atoms with E-state index in [2.05, 4.69) is 0 Å². The Morgan fingerprint density at radius 3 is 2.53 bits per heavy atom. The molecule has 0 N–H and O–H groups in total. The number of amides is 1. The van der Waals surface area contributed by atoms with Crippen molar-refractivity contribution < 1.29 is 4.79 Å². The van der Waals surface area contributed by atoms with E-state index in [1.807, 2.05) is 43.3 Å². The van der Waals surface area contributed by atoms with Crippen LogP contribution in [0, 0.1) is 0 Å². The summed E-state index contributed by atoms with van der Waals surface area (Å²) in [5, 5.41) is 0.704. The lowest BCUT2D eigenvalue weighted by molar-refractivity contribution is -0.125. The van der Waals surface area contributed by atoms with Crippen LogP contribution in [0.1, 0.15) is 12.5 Å². The molecule has 0 unspecified atom stereocenters. The van der Waals surface area contributed by atoms with Crippen LogP contribution >= 0.6 is 11.6 Å². The second-order valence-electron chi connectivity index (χ2n) is 3.71. The quantitative estimate of drug-likeness (QED) is 0.591. The van der Waals surface area contributed by atoms with E-state index < -0.39 is 0 Å². The highest BCUT2D eigenvalue weighted by molar-refractivity contribution is 6.30. The van der Waals surface area contributed by atoms with Gasteiger partial charge in [-0.1, -0.05) is 42.0 Å². The average molecular weight is 250 g/mol. The number of nitrogens with zero attached hydrogens (tertiary/aromatic N) is 1. The van der Waals surface area contributed by atoms with Gasteiger partial charge < -0.3 is 4.90 Å². The maximum atomic E-state index is 11.7. The number of rotatable bonds is 4. The number of carbonyl (C=O) groups excluding carboxylic acids is 1. The molecule has 1 aromatic rings. The molecule has 0 spiro atoms. The third-order valence-corrected chi connectivity index (χ3v) is 2.50. The third-order valence-electron chi connectivity index (χ3n) is 2.25. The van der Waals surface area contributed by atoms with Gasteiger partial charge in [0.15, 0.2) is 0 Å². The lowest BCUT2D eigenvalue weighted by Gasteiger charge is -2.14. The van der Waals surface area contributed by atoms with E-state index in [1.54, 1.807) is 24.1 Å². The van der Waals surface area contributed by atoms with Crippen molar-refractivity contribution in [3.05, 3.63) is 59.2 Å². The minimum atomic E-state index is -0.0157. The van der Waals surface area contributed by atoms with Crippen molar-refractivity contribution >= 4 is 17.5 Å². The summed E-state index contributed by atoms with van der Waals surface area (Å²) in [7, 11) is 1.77. The van der Waals surface area contributed by atoms with Gasteiger partial charge in [0.2, 0.25) is 5.91 Å². The SMILES string of the molecule is CC=CC=CC(=O)N(C)Cc1ccc(Cl)cc1. The van der Waals surface area contributed by atoms with Crippen molar-refractivity contribution in [3.63, 3.8) is 0 Å². The fourth-order valence-electron chi connectivity index (χ4n) is 1.32. The maximum Gasteiger partial charge on any atom is 0.246 e. The Kier molecular flexibility index (Phi) is 5.50. The van der Waals surface area contributed by atoms with Gasteiger partial charge in [-0.05, 0) is 24.6 Å². The minimum absolute atomic E-state index is 0.0157. The van der Waals surface area contributed by atoms with Crippen molar-refractivity contribution in [1.82, 2.24) is 4.90 Å². The molecule has 0 fully saturated rings. The van der Waals surface area contributed by atoms with Crippen LogP contribution in [-0.4, -0.2) is 17.9 Å². The van der Waals surface area contributed by atoms with E-state index in [1.165, 1.54) is 0 Å². The Balaban J connectivity index is 2.56. The van der Waals surface area contributed by atoms with Gasteiger partial charge in [0.25, 0.3) is 0 Å². The van der Waals surface area contributed by atoms with Crippen molar-refractivity contribution in [3.8, 4) is 0 Å². The average Bonchev–Trinajstić information content (AvgIpc) is 2.32. The van der Waals surface area contributed by atoms with Gasteiger partial charge >= 0.3 is 0 Å². The molecular weight excluding hydrogens is 234 g/mol. The minimum Gasteiger partial charge on any atom is -0.338 e. The fraction of sp³-hybridized carbons (Fsp3) is 0.214. The first-order valence-corrected chi connectivity index (χ1v) is 5.80. The molecule has 0 atom stereocenters. The van der Waals surface area contributed by atoms with Crippen molar-refractivity contribution in [2.45, 2.75) is 13.5 Å². The number of hydrogen-bond acceptors (Lipinski definition) is 1. The molecule has 90 valence electrons. The zero-order chi connectivity index (χ0) is 12.7. The smallest absolute Gasteiger partial charge is 0.246 e. The summed E-state index contributed by atoms with van der Waals surface area (Å²) in [6.45, 7) is 2.49. The molecule has 0 bridgehead atoms. The van der Waals surface area contributed by atoms with Gasteiger partial charge in [0.1, 0.15) is 0 Å². The van der Waals surface area contributed by atoms with E-state index in [0.717, 1.165) is 5.56 Å². The van der Waals surface area contributed by atoms with Crippen LogP contribution in [0.5, 0.6) is 0 Å². The van der Waals surface area contributed by atoms with Crippen LogP contribution in [0.4, 0.5) is 0 Å². The van der Waals surface area contributed by atoms with E-state index in [-0.39, 0.29) is 5.91 Å². The second kappa shape index (κ2) is 6.92. The Bertz CT molecular complexity index is 420. The summed E-state index contributed by atoms with van der Waals surface area (Å²) in [5.74, 6) is -0.0157. The van der Waals surface area contributed by atoms with Crippen LogP contribution in [0.3, 0.4) is 0 Å². The van der Waals surface area contributed by atoms with Crippen LogP contribution in [-0.2, 0) is 11.3 Å². The molecular formula is C14H16ClNO. The van der Waals surface area contributed by atoms with Crippen LogP contribution < -0.4 is 0 Å². The molecule has 0 heterocycles. The van der Waals surface area contributed by atoms with E-state index in [4.69, 9.17) is 11.6 Å². The zero-order valence-corrected chi connectivity index (χ0v) is 10.8. The highest BCUT2D eigenvalue weighted by atomic mass is 35.5. The molecule has 0 aliphatic rings. The summed E-state index contributed by atoms with van der Waals surface area (Å²) in [6.07, 6.45) is 6.99. The maximum absolute atomic E-state index is 11.7. The molecule has 1 amide bonds. The number of halogens is 1. The summed E-state index contributed by atoms with van der Waals surface area (Å²) in [5.41, 5.74) is 1.06. The first-order chi connectivity index (χ1) is 8.13. The number of hydrogen-bond donors (Lipinski definition) is 0. The second-order valence-corrected chi connectivity index (χ2v) is 4.14. The molecule has 1 rings (SSSR count). The predicted octanol–water partition coefficient (Wildman–Crippen LogP) is 3.43. The molecule has 1 aromatic carbocycles. The van der Waals surface area contributed by atoms with Crippen LogP contribution in [0.25, 0.3) is 0 Å². The van der Waals surface area contributed by atoms with Gasteiger partial charge in [-0.3, -0.25) is 4.79 Å². The van der Waals surface area contributed by atoms with E-state index >= 15 is 0 Å². The lowest BCUT2D eigenvalue weighted by atomic mass is 10.2. The zero-order valence-electron chi connectivity index (χ0n) is 10.1. The highest BCUT2D eigenvalue weighted by Crippen LogP contribution is 2.11. The fourth-order valence-corrected chi connectivity index (χ4v) is 1.44. The van der Waals surface area contributed by atoms with E-state index in [9.17, 15) is 4.79 Å². The van der Waals surface area contributed by atoms with Crippen molar-refractivity contribution in [2.75, 3.05) is 7.05 Å². The summed E-state index contributed by atoms with van der Waals surface area (Å²) >= 11 is 5.80. The van der Waals surface area contributed by atoms with Crippen LogP contribution in [0.15, 0.2) is 48.6 Å². The van der Waals surface area contributed by atoms with Crippen LogP contribution in [0.2, 0.25) is 5.02 Å². The van der Waals surface area contributed by atoms with E-state index in [0.29, 0.717) is 11.6 Å². The third kappa shape index (κ3) is 4.87. The summed E-state index contributed by atoms with van der Waals surface area (Å²) < 4.78 is 0. The van der Waals surface area contributed by atoms with Gasteiger partial charge in [-0.2, -0.15) is 0 Å². The topological polar surface area (TPSA) is 20.3 Å². The monoisotopic (exact) mass is 249 g/mol. The highest BCUT2D eigenvalue weighted by Gasteiger charge is 2.04. The summed E-state index contributed by atoms with van der Waals surface area (Å²) in [6, 6.07) is 7.49. The predicted molar refractivity (Wildman–Crippen MR) is 71.9 cm³/mol. The van der Waals surface area contributed by atoms with Crippen molar-refractivity contribution in [1.29, 1.82) is 0 Å². The first-order valence-electron chi connectivity index (χ1n) is 5.42. The Morgan fingerprint density at radius 2 is 1.94 bits per heavy atom. The number of likely N-dealkylation sites (N-methyl/N-ethyl adjacent to an activating group) is 1. The molecule has 3 heteroatoms. The lowest BCUT2D eigenvalue weighted by Crippen LogP contribution is -2.24. The number of benzene rings is 1. The first kappa shape index (κ1) is 13.5. The Labute approximate surface area is 107 Å². The molecule has 17 heavy (non-hydrogen) atoms. The molecule has 0 saturated carbocycles. The molecule has 0 aliphatic carbocycles. The molecule has 0 aliphatic heterocycles. The van der Waals surface area contributed by atoms with Gasteiger partial charge in [0.05, 0.1) is 0 Å². The van der Waals surface area contributed by atoms with Gasteiger partial charge in [-0.25, -0.2) is 0 Å². The number of allylic oxidation sites excluding steroid dienone is 3. The standard InChI is InChI=1S/C14H16ClNO/c1-3-4-5-6-14(17)16(2)11-12-7-9-13(15)10-8-12/h3-10H,11H2,1-2H3. The van der Waals surface area contributed by atoms with Gasteiger partial charge in [-0.15, -0.1) is 0 Å². The molecule has 0 radical (unpaired) electrons. The Morgan fingerprint density at radius 1 is 1.29 bits per heavy atom. The van der Waals surface area contributed by atoms with Crippen molar-refractivity contribution in [2.24, 2.45) is 0 Å². The van der Waals surface area contributed by atoms with Gasteiger partial charge in [0, 0.05) is 24.7 Å².